The normalized spacial score (nSPS) is 16.0. The van der Waals surface area contributed by atoms with Gasteiger partial charge in [0.15, 0.2) is 4.80 Å². The highest BCUT2D eigenvalue weighted by Gasteiger charge is 2.33. The Bertz CT molecular complexity index is 1420. The largest absolute Gasteiger partial charge is 0.496 e. The smallest absolute Gasteiger partial charge is 0.338 e. The fraction of sp³-hybridized carbons (Fsp3) is 0.227. The van der Waals surface area contributed by atoms with Gasteiger partial charge in [0, 0.05) is 4.88 Å². The van der Waals surface area contributed by atoms with E-state index < -0.39 is 12.0 Å². The van der Waals surface area contributed by atoms with E-state index in [2.05, 4.69) is 36.9 Å². The SMILES string of the molecule is CCOC(=O)C1=C(C)N=c2s/c(=C/c3ccc(Br)s3)c(=O)n2[C@H]1c1ccc(OC)c(Br)c1. The van der Waals surface area contributed by atoms with Gasteiger partial charge in [0.25, 0.3) is 5.56 Å². The predicted molar refractivity (Wildman–Crippen MR) is 133 cm³/mol. The first-order chi connectivity index (χ1) is 15.3. The second-order valence-corrected chi connectivity index (χ2v) is 11.2. The van der Waals surface area contributed by atoms with Crippen LogP contribution in [0.4, 0.5) is 0 Å². The standard InChI is InChI=1S/C22H18Br2N2O4S2/c1-4-30-21(28)18-11(2)25-22-26(19(18)12-5-7-15(29-3)14(23)9-12)20(27)16(32-22)10-13-6-8-17(24)31-13/h5-10,19H,4H2,1-3H3/b16-10+/t19-/m0/s1. The molecule has 166 valence electrons. The zero-order valence-electron chi connectivity index (χ0n) is 17.3. The minimum atomic E-state index is -0.662. The van der Waals surface area contributed by atoms with Crippen LogP contribution >= 0.6 is 54.5 Å². The first-order valence-corrected chi connectivity index (χ1v) is 12.8. The van der Waals surface area contributed by atoms with E-state index in [1.54, 1.807) is 31.6 Å². The summed E-state index contributed by atoms with van der Waals surface area (Å²) in [7, 11) is 1.58. The van der Waals surface area contributed by atoms with E-state index in [0.29, 0.717) is 26.4 Å². The van der Waals surface area contributed by atoms with Crippen LogP contribution in [0.3, 0.4) is 0 Å². The first kappa shape index (κ1) is 23.2. The summed E-state index contributed by atoms with van der Waals surface area (Å²) in [6.45, 7) is 3.75. The average Bonchev–Trinajstić information content (AvgIpc) is 3.29. The second-order valence-electron chi connectivity index (χ2n) is 6.84. The van der Waals surface area contributed by atoms with Crippen molar-refractivity contribution >= 4 is 66.6 Å². The lowest BCUT2D eigenvalue weighted by Crippen LogP contribution is -2.39. The zero-order chi connectivity index (χ0) is 23.0. The van der Waals surface area contributed by atoms with Crippen molar-refractivity contribution in [3.05, 3.63) is 80.0 Å². The molecule has 32 heavy (non-hydrogen) atoms. The second kappa shape index (κ2) is 9.46. The summed E-state index contributed by atoms with van der Waals surface area (Å²) in [5, 5.41) is 0. The molecule has 6 nitrogen and oxygen atoms in total. The molecule has 0 fully saturated rings. The summed E-state index contributed by atoms with van der Waals surface area (Å²) in [5.74, 6) is 0.171. The van der Waals surface area contributed by atoms with Crippen LogP contribution in [0.5, 0.6) is 5.75 Å². The molecule has 0 aliphatic carbocycles. The number of esters is 1. The third kappa shape index (κ3) is 4.28. The number of thiazole rings is 1. The molecule has 10 heteroatoms. The number of ether oxygens (including phenoxy) is 2. The van der Waals surface area contributed by atoms with Gasteiger partial charge >= 0.3 is 5.97 Å². The van der Waals surface area contributed by atoms with Crippen molar-refractivity contribution in [3.8, 4) is 5.75 Å². The van der Waals surface area contributed by atoms with Crippen LogP contribution in [0.25, 0.3) is 6.08 Å². The van der Waals surface area contributed by atoms with E-state index in [1.165, 1.54) is 22.7 Å². The molecule has 0 N–H and O–H groups in total. The molecule has 0 amide bonds. The number of hydrogen-bond donors (Lipinski definition) is 0. The monoisotopic (exact) mass is 596 g/mol. The predicted octanol–water partition coefficient (Wildman–Crippen LogP) is 4.39. The number of rotatable bonds is 5. The van der Waals surface area contributed by atoms with Gasteiger partial charge in [-0.2, -0.15) is 0 Å². The molecule has 1 aromatic carbocycles. The molecule has 0 saturated heterocycles. The molecule has 1 aliphatic rings. The molecule has 3 heterocycles. The molecular formula is C22H18Br2N2O4S2. The van der Waals surface area contributed by atoms with Crippen molar-refractivity contribution in [3.63, 3.8) is 0 Å². The number of methoxy groups -OCH3 is 1. The summed E-state index contributed by atoms with van der Waals surface area (Å²) in [5.41, 5.74) is 1.43. The summed E-state index contributed by atoms with van der Waals surface area (Å²) in [6.07, 6.45) is 1.85. The number of carbonyl (C=O) groups excluding carboxylic acids is 1. The van der Waals surface area contributed by atoms with E-state index in [9.17, 15) is 9.59 Å². The van der Waals surface area contributed by atoms with Crippen LogP contribution in [-0.4, -0.2) is 24.3 Å². The van der Waals surface area contributed by atoms with Crippen molar-refractivity contribution < 1.29 is 14.3 Å². The molecule has 1 atom stereocenters. The van der Waals surface area contributed by atoms with Gasteiger partial charge in [0.05, 0.1) is 43.8 Å². The summed E-state index contributed by atoms with van der Waals surface area (Å²) in [6, 6.07) is 8.73. The van der Waals surface area contributed by atoms with Crippen molar-refractivity contribution in [1.29, 1.82) is 0 Å². The highest BCUT2D eigenvalue weighted by atomic mass is 79.9. The van der Waals surface area contributed by atoms with Crippen LogP contribution in [0, 0.1) is 0 Å². The number of nitrogens with zero attached hydrogens (tertiary/aromatic N) is 2. The maximum atomic E-state index is 13.5. The average molecular weight is 598 g/mol. The Balaban J connectivity index is 1.97. The minimum Gasteiger partial charge on any atom is -0.496 e. The lowest BCUT2D eigenvalue weighted by atomic mass is 9.96. The van der Waals surface area contributed by atoms with E-state index in [-0.39, 0.29) is 12.2 Å². The van der Waals surface area contributed by atoms with E-state index >= 15 is 0 Å². The molecule has 3 aromatic rings. The lowest BCUT2D eigenvalue weighted by Gasteiger charge is -2.25. The highest BCUT2D eigenvalue weighted by molar-refractivity contribution is 9.11. The Morgan fingerprint density at radius 1 is 1.25 bits per heavy atom. The number of aromatic nitrogens is 1. The Morgan fingerprint density at radius 2 is 2.03 bits per heavy atom. The molecular weight excluding hydrogens is 580 g/mol. The van der Waals surface area contributed by atoms with Gasteiger partial charge < -0.3 is 9.47 Å². The molecule has 0 saturated carbocycles. The van der Waals surface area contributed by atoms with Crippen molar-refractivity contribution in [2.45, 2.75) is 19.9 Å². The molecule has 2 aromatic heterocycles. The van der Waals surface area contributed by atoms with Crippen LogP contribution in [0.1, 0.15) is 30.3 Å². The van der Waals surface area contributed by atoms with Crippen molar-refractivity contribution in [2.75, 3.05) is 13.7 Å². The van der Waals surface area contributed by atoms with E-state index in [0.717, 1.165) is 18.7 Å². The maximum Gasteiger partial charge on any atom is 0.338 e. The van der Waals surface area contributed by atoms with Crippen LogP contribution < -0.4 is 19.6 Å². The number of carbonyl (C=O) groups is 1. The summed E-state index contributed by atoms with van der Waals surface area (Å²) >= 11 is 9.81. The topological polar surface area (TPSA) is 69.9 Å². The van der Waals surface area contributed by atoms with Gasteiger partial charge in [-0.05, 0) is 81.6 Å². The summed E-state index contributed by atoms with van der Waals surface area (Å²) in [4.78, 5) is 32.5. The van der Waals surface area contributed by atoms with Crippen molar-refractivity contribution in [2.24, 2.45) is 4.99 Å². The molecule has 0 unspecified atom stereocenters. The molecule has 1 aliphatic heterocycles. The third-order valence-corrected chi connectivity index (χ3v) is 8.05. The first-order valence-electron chi connectivity index (χ1n) is 9.62. The van der Waals surface area contributed by atoms with Crippen molar-refractivity contribution in [1.82, 2.24) is 4.57 Å². The van der Waals surface area contributed by atoms with Crippen LogP contribution in [-0.2, 0) is 9.53 Å². The van der Waals surface area contributed by atoms with Gasteiger partial charge in [-0.25, -0.2) is 9.79 Å². The Hall–Kier alpha value is -2.01. The van der Waals surface area contributed by atoms with Gasteiger partial charge in [-0.15, -0.1) is 11.3 Å². The van der Waals surface area contributed by atoms with Gasteiger partial charge in [-0.1, -0.05) is 17.4 Å². The Morgan fingerprint density at radius 3 is 2.66 bits per heavy atom. The number of fused-ring (bicyclic) bond motifs is 1. The number of halogens is 2. The van der Waals surface area contributed by atoms with E-state index in [1.807, 2.05) is 30.3 Å². The van der Waals surface area contributed by atoms with Crippen LogP contribution in [0.15, 0.2) is 59.6 Å². The molecule has 0 spiro atoms. The minimum absolute atomic E-state index is 0.204. The van der Waals surface area contributed by atoms with Gasteiger partial charge in [0.2, 0.25) is 0 Å². The lowest BCUT2D eigenvalue weighted by molar-refractivity contribution is -0.139. The molecule has 0 bridgehead atoms. The number of benzene rings is 1. The van der Waals surface area contributed by atoms with Crippen LogP contribution in [0.2, 0.25) is 0 Å². The summed E-state index contributed by atoms with van der Waals surface area (Å²) < 4.78 is 14.5. The fourth-order valence-electron chi connectivity index (χ4n) is 3.49. The molecule has 0 radical (unpaired) electrons. The van der Waals surface area contributed by atoms with Gasteiger partial charge in [-0.3, -0.25) is 9.36 Å². The maximum absolute atomic E-state index is 13.5. The number of allylic oxidation sites excluding steroid dienone is 1. The Kier molecular flexibility index (Phi) is 6.85. The quantitative estimate of drug-likeness (QED) is 0.409. The fourth-order valence-corrected chi connectivity index (χ4v) is 6.53. The zero-order valence-corrected chi connectivity index (χ0v) is 22.2. The van der Waals surface area contributed by atoms with Gasteiger partial charge in [0.1, 0.15) is 5.75 Å². The highest BCUT2D eigenvalue weighted by Crippen LogP contribution is 2.35. The number of hydrogen-bond acceptors (Lipinski definition) is 7. The number of thiophene rings is 1. The third-order valence-electron chi connectivity index (χ3n) is 4.88. The Labute approximate surface area is 208 Å². The molecule has 4 rings (SSSR count). The van der Waals surface area contributed by atoms with E-state index in [4.69, 9.17) is 9.47 Å².